The number of ether oxygens (including phenoxy) is 1. The second kappa shape index (κ2) is 6.55. The number of likely N-dealkylation sites (N-methyl/N-ethyl adjacent to an activating group) is 1. The van der Waals surface area contributed by atoms with Gasteiger partial charge in [-0.25, -0.2) is 4.98 Å². The van der Waals surface area contributed by atoms with Gasteiger partial charge in [0.1, 0.15) is 5.82 Å². The third-order valence-electron chi connectivity index (χ3n) is 3.99. The van der Waals surface area contributed by atoms with Crippen LogP contribution in [0.4, 0.5) is 5.82 Å². The Kier molecular flexibility index (Phi) is 5.00. The fourth-order valence-electron chi connectivity index (χ4n) is 2.80. The van der Waals surface area contributed by atoms with Crippen LogP contribution in [0.2, 0.25) is 0 Å². The van der Waals surface area contributed by atoms with E-state index in [9.17, 15) is 0 Å². The van der Waals surface area contributed by atoms with Gasteiger partial charge in [0.15, 0.2) is 0 Å². The van der Waals surface area contributed by atoms with Gasteiger partial charge in [-0.2, -0.15) is 0 Å². The van der Waals surface area contributed by atoms with Crippen molar-refractivity contribution < 1.29 is 4.74 Å². The first kappa shape index (κ1) is 15.3. The molecule has 0 spiro atoms. The highest BCUT2D eigenvalue weighted by molar-refractivity contribution is 5.48. The van der Waals surface area contributed by atoms with Crippen molar-refractivity contribution in [1.29, 1.82) is 0 Å². The Morgan fingerprint density at radius 3 is 2.80 bits per heavy atom. The maximum absolute atomic E-state index is 5.66. The summed E-state index contributed by atoms with van der Waals surface area (Å²) in [5, 5.41) is 3.43. The molecular weight excluding hydrogens is 250 g/mol. The third kappa shape index (κ3) is 3.49. The van der Waals surface area contributed by atoms with Gasteiger partial charge in [-0.05, 0) is 37.5 Å². The molecule has 1 aromatic rings. The van der Waals surface area contributed by atoms with Gasteiger partial charge in [0, 0.05) is 32.4 Å². The molecule has 4 nitrogen and oxygen atoms in total. The summed E-state index contributed by atoms with van der Waals surface area (Å²) in [5.74, 6) is 1.07. The number of aromatic nitrogens is 1. The van der Waals surface area contributed by atoms with Crippen molar-refractivity contribution >= 4 is 5.82 Å². The van der Waals surface area contributed by atoms with E-state index in [1.54, 1.807) is 0 Å². The van der Waals surface area contributed by atoms with Crippen LogP contribution in [0.1, 0.15) is 38.3 Å². The molecule has 1 N–H and O–H groups in total. The summed E-state index contributed by atoms with van der Waals surface area (Å²) >= 11 is 0. The second-order valence-electron chi connectivity index (χ2n) is 6.06. The van der Waals surface area contributed by atoms with Gasteiger partial charge < -0.3 is 15.0 Å². The lowest BCUT2D eigenvalue weighted by Crippen LogP contribution is -2.37. The van der Waals surface area contributed by atoms with Gasteiger partial charge in [0.2, 0.25) is 0 Å². The van der Waals surface area contributed by atoms with E-state index in [1.807, 2.05) is 6.20 Å². The van der Waals surface area contributed by atoms with Gasteiger partial charge in [0.05, 0.1) is 12.1 Å². The molecule has 0 amide bonds. The number of nitrogens with zero attached hydrogens (tertiary/aromatic N) is 2. The van der Waals surface area contributed by atoms with E-state index in [0.717, 1.165) is 25.4 Å². The minimum atomic E-state index is 0.281. The van der Waals surface area contributed by atoms with Crippen molar-refractivity contribution in [2.75, 3.05) is 18.6 Å². The fraction of sp³-hybridized carbons (Fsp3) is 0.688. The Morgan fingerprint density at radius 2 is 2.25 bits per heavy atom. The predicted octanol–water partition coefficient (Wildman–Crippen LogP) is 2.50. The average molecular weight is 277 g/mol. The molecule has 2 rings (SSSR count). The van der Waals surface area contributed by atoms with E-state index in [1.165, 1.54) is 11.1 Å². The standard InChI is InChI=1S/C16H27N3O/c1-11(2)17-9-14-8-12(3)16(18-10-14)19(5)15-6-7-20-13(15)4/h8,10-11,13,15,17H,6-7,9H2,1-5H3. The smallest absolute Gasteiger partial charge is 0.131 e. The average Bonchev–Trinajstić information content (AvgIpc) is 2.82. The first-order valence-electron chi connectivity index (χ1n) is 7.52. The van der Waals surface area contributed by atoms with Crippen molar-refractivity contribution in [3.63, 3.8) is 0 Å². The highest BCUT2D eigenvalue weighted by Gasteiger charge is 2.29. The molecule has 20 heavy (non-hydrogen) atoms. The molecule has 4 heteroatoms. The minimum Gasteiger partial charge on any atom is -0.376 e. The van der Waals surface area contributed by atoms with E-state index in [-0.39, 0.29) is 6.10 Å². The van der Waals surface area contributed by atoms with Crippen LogP contribution in [-0.2, 0) is 11.3 Å². The molecule has 0 aromatic carbocycles. The number of hydrogen-bond donors (Lipinski definition) is 1. The number of pyridine rings is 1. The van der Waals surface area contributed by atoms with Crippen molar-refractivity contribution in [3.05, 3.63) is 23.4 Å². The maximum atomic E-state index is 5.66. The topological polar surface area (TPSA) is 37.4 Å². The van der Waals surface area contributed by atoms with Gasteiger partial charge in [-0.15, -0.1) is 0 Å². The molecule has 2 unspecified atom stereocenters. The van der Waals surface area contributed by atoms with E-state index in [2.05, 4.69) is 56.0 Å². The summed E-state index contributed by atoms with van der Waals surface area (Å²) in [6, 6.07) is 3.16. The van der Waals surface area contributed by atoms with Crippen LogP contribution in [-0.4, -0.2) is 36.8 Å². The van der Waals surface area contributed by atoms with Crippen LogP contribution >= 0.6 is 0 Å². The number of aryl methyl sites for hydroxylation is 1. The molecule has 1 aliphatic rings. The predicted molar refractivity (Wildman–Crippen MR) is 83.2 cm³/mol. The van der Waals surface area contributed by atoms with Crippen LogP contribution in [0, 0.1) is 6.92 Å². The van der Waals surface area contributed by atoms with Crippen LogP contribution in [0.25, 0.3) is 0 Å². The van der Waals surface area contributed by atoms with E-state index in [4.69, 9.17) is 4.74 Å². The van der Waals surface area contributed by atoms with Crippen LogP contribution < -0.4 is 10.2 Å². The lowest BCUT2D eigenvalue weighted by Gasteiger charge is -2.29. The van der Waals surface area contributed by atoms with Crippen LogP contribution in [0.5, 0.6) is 0 Å². The highest BCUT2D eigenvalue weighted by atomic mass is 16.5. The summed E-state index contributed by atoms with van der Waals surface area (Å²) in [7, 11) is 2.12. The Bertz CT molecular complexity index is 447. The van der Waals surface area contributed by atoms with Gasteiger partial charge >= 0.3 is 0 Å². The quantitative estimate of drug-likeness (QED) is 0.897. The van der Waals surface area contributed by atoms with E-state index < -0.39 is 0 Å². The first-order valence-corrected chi connectivity index (χ1v) is 7.52. The zero-order valence-corrected chi connectivity index (χ0v) is 13.3. The first-order chi connectivity index (χ1) is 9.49. The van der Waals surface area contributed by atoms with Gasteiger partial charge in [-0.1, -0.05) is 13.8 Å². The van der Waals surface area contributed by atoms with Crippen LogP contribution in [0.3, 0.4) is 0 Å². The Labute approximate surface area is 122 Å². The molecule has 112 valence electrons. The Morgan fingerprint density at radius 1 is 1.50 bits per heavy atom. The largest absolute Gasteiger partial charge is 0.376 e. The normalized spacial score (nSPS) is 22.5. The van der Waals surface area contributed by atoms with Crippen molar-refractivity contribution in [2.45, 2.75) is 58.8 Å². The summed E-state index contributed by atoms with van der Waals surface area (Å²) in [6.07, 6.45) is 3.34. The highest BCUT2D eigenvalue weighted by Crippen LogP contribution is 2.25. The maximum Gasteiger partial charge on any atom is 0.131 e. The van der Waals surface area contributed by atoms with Gasteiger partial charge in [0.25, 0.3) is 0 Å². The Balaban J connectivity index is 2.08. The molecule has 1 aromatic heterocycles. The second-order valence-corrected chi connectivity index (χ2v) is 6.06. The lowest BCUT2D eigenvalue weighted by molar-refractivity contribution is 0.118. The number of nitrogens with one attached hydrogen (secondary N) is 1. The van der Waals surface area contributed by atoms with Crippen molar-refractivity contribution in [3.8, 4) is 0 Å². The summed E-state index contributed by atoms with van der Waals surface area (Å²) in [6.45, 7) is 10.3. The number of hydrogen-bond acceptors (Lipinski definition) is 4. The Hall–Kier alpha value is -1.13. The van der Waals surface area contributed by atoms with Gasteiger partial charge in [-0.3, -0.25) is 0 Å². The molecule has 2 atom stereocenters. The number of anilines is 1. The molecule has 1 fully saturated rings. The molecule has 0 saturated carbocycles. The minimum absolute atomic E-state index is 0.281. The monoisotopic (exact) mass is 277 g/mol. The number of rotatable bonds is 5. The SMILES string of the molecule is Cc1cc(CNC(C)C)cnc1N(C)C1CCOC1C. The summed E-state index contributed by atoms with van der Waals surface area (Å²) in [5.41, 5.74) is 2.47. The molecule has 1 saturated heterocycles. The van der Waals surface area contributed by atoms with Crippen LogP contribution in [0.15, 0.2) is 12.3 Å². The molecular formula is C16H27N3O. The zero-order chi connectivity index (χ0) is 14.7. The third-order valence-corrected chi connectivity index (χ3v) is 3.99. The molecule has 0 radical (unpaired) electrons. The molecule has 0 bridgehead atoms. The zero-order valence-electron chi connectivity index (χ0n) is 13.3. The lowest BCUT2D eigenvalue weighted by atomic mass is 10.1. The summed E-state index contributed by atoms with van der Waals surface area (Å²) in [4.78, 5) is 6.94. The summed E-state index contributed by atoms with van der Waals surface area (Å²) < 4.78 is 5.66. The van der Waals surface area contributed by atoms with Crippen molar-refractivity contribution in [2.24, 2.45) is 0 Å². The molecule has 1 aliphatic heterocycles. The molecule has 0 aliphatic carbocycles. The van der Waals surface area contributed by atoms with E-state index in [0.29, 0.717) is 12.1 Å². The fourth-order valence-corrected chi connectivity index (χ4v) is 2.80. The molecule has 2 heterocycles. The van der Waals surface area contributed by atoms with E-state index >= 15 is 0 Å². The van der Waals surface area contributed by atoms with Crippen molar-refractivity contribution in [1.82, 2.24) is 10.3 Å².